The Morgan fingerprint density at radius 2 is 2.00 bits per heavy atom. The van der Waals surface area contributed by atoms with E-state index in [1.54, 1.807) is 18.2 Å². The normalized spacial score (nSPS) is 12.3. The molecular weight excluding hydrogens is 380 g/mol. The Labute approximate surface area is 136 Å². The minimum absolute atomic E-state index is 0.00855. The fourth-order valence-electron chi connectivity index (χ4n) is 1.87. The topological polar surface area (TPSA) is 71.9 Å². The van der Waals surface area contributed by atoms with Crippen molar-refractivity contribution in [3.05, 3.63) is 54.7 Å². The van der Waals surface area contributed by atoms with Crippen LogP contribution >= 0.6 is 27.5 Å². The van der Waals surface area contributed by atoms with Gasteiger partial charge in [-0.15, -0.1) is 0 Å². The molecule has 0 aliphatic heterocycles. The van der Waals surface area contributed by atoms with Crippen LogP contribution in [0.1, 0.15) is 0 Å². The van der Waals surface area contributed by atoms with E-state index >= 15 is 0 Å². The summed E-state index contributed by atoms with van der Waals surface area (Å²) < 4.78 is 12.9. The molecule has 0 aliphatic carbocycles. The molecule has 0 saturated heterocycles. The van der Waals surface area contributed by atoms with E-state index in [9.17, 15) is 13.8 Å². The number of nitrogens with one attached hydrogen (secondary N) is 1. The maximum atomic E-state index is 12.5. The van der Waals surface area contributed by atoms with Crippen molar-refractivity contribution in [2.45, 2.75) is 6.54 Å². The number of halogens is 2. The average molecular weight is 392 g/mol. The molecule has 0 aliphatic rings. The number of aromatic nitrogens is 2. The van der Waals surface area contributed by atoms with Crippen LogP contribution in [0, 0.1) is 0 Å². The third-order valence-corrected chi connectivity index (χ3v) is 4.62. The van der Waals surface area contributed by atoms with Gasteiger partial charge in [-0.05, 0) is 6.07 Å². The lowest BCUT2D eigenvalue weighted by molar-refractivity contribution is 0.656. The van der Waals surface area contributed by atoms with Crippen molar-refractivity contribution >= 4 is 38.3 Å². The van der Waals surface area contributed by atoms with Crippen LogP contribution < -0.4 is 11.2 Å². The van der Waals surface area contributed by atoms with E-state index in [1.165, 1.54) is 6.26 Å². The molecule has 0 amide bonds. The third kappa shape index (κ3) is 3.53. The van der Waals surface area contributed by atoms with Crippen LogP contribution in [-0.2, 0) is 17.3 Å². The predicted octanol–water partition coefficient (Wildman–Crippen LogP) is 2.00. The second-order valence-corrected chi connectivity index (χ2v) is 7.12. The molecule has 5 nitrogen and oxygen atoms in total. The molecular formula is C13H12BrClN2O3S. The summed E-state index contributed by atoms with van der Waals surface area (Å²) in [6.07, 6.45) is 1.52. The Balaban J connectivity index is 2.65. The highest BCUT2D eigenvalue weighted by atomic mass is 79.9. The van der Waals surface area contributed by atoms with Gasteiger partial charge in [-0.25, -0.2) is 4.79 Å². The van der Waals surface area contributed by atoms with Crippen molar-refractivity contribution in [2.75, 3.05) is 12.0 Å². The number of aromatic amines is 1. The molecule has 2 aromatic rings. The van der Waals surface area contributed by atoms with Crippen LogP contribution in [0.5, 0.6) is 0 Å². The lowest BCUT2D eigenvalue weighted by atomic mass is 10.1. The molecule has 0 fully saturated rings. The van der Waals surface area contributed by atoms with Gasteiger partial charge in [-0.1, -0.05) is 45.7 Å². The molecule has 112 valence electrons. The number of H-pyrrole nitrogens is 1. The molecule has 1 aromatic heterocycles. The third-order valence-electron chi connectivity index (χ3n) is 2.89. The summed E-state index contributed by atoms with van der Waals surface area (Å²) in [7, 11) is -1.10. The van der Waals surface area contributed by atoms with Gasteiger partial charge in [0.2, 0.25) is 0 Å². The van der Waals surface area contributed by atoms with Gasteiger partial charge in [0.05, 0.1) is 5.56 Å². The van der Waals surface area contributed by atoms with Crippen LogP contribution in [-0.4, -0.2) is 25.8 Å². The van der Waals surface area contributed by atoms with Crippen LogP contribution in [0.15, 0.2) is 38.3 Å². The van der Waals surface area contributed by atoms with Gasteiger partial charge in [0.15, 0.2) is 0 Å². The fraction of sp³-hybridized carbons (Fsp3) is 0.231. The lowest BCUT2D eigenvalue weighted by Gasteiger charge is -2.10. The van der Waals surface area contributed by atoms with Crippen LogP contribution in [0.2, 0.25) is 5.15 Å². The van der Waals surface area contributed by atoms with Gasteiger partial charge >= 0.3 is 5.69 Å². The number of rotatable bonds is 4. The summed E-state index contributed by atoms with van der Waals surface area (Å²) in [4.78, 5) is 26.8. The van der Waals surface area contributed by atoms with E-state index in [-0.39, 0.29) is 23.0 Å². The van der Waals surface area contributed by atoms with E-state index in [1.807, 2.05) is 6.07 Å². The second kappa shape index (κ2) is 6.72. The molecule has 0 saturated carbocycles. The Kier molecular flexibility index (Phi) is 5.18. The molecule has 2 rings (SSSR count). The van der Waals surface area contributed by atoms with E-state index < -0.39 is 22.0 Å². The maximum absolute atomic E-state index is 12.5. The van der Waals surface area contributed by atoms with Crippen molar-refractivity contribution < 1.29 is 4.21 Å². The number of benzene rings is 1. The predicted molar refractivity (Wildman–Crippen MR) is 88.4 cm³/mol. The molecule has 1 atom stereocenters. The fourth-order valence-corrected chi connectivity index (χ4v) is 3.05. The zero-order valence-corrected chi connectivity index (χ0v) is 14.2. The van der Waals surface area contributed by atoms with Crippen molar-refractivity contribution in [3.63, 3.8) is 0 Å². The zero-order chi connectivity index (χ0) is 15.6. The first-order valence-corrected chi connectivity index (χ1v) is 8.89. The summed E-state index contributed by atoms with van der Waals surface area (Å²) in [5, 5.41) is -0.00855. The molecule has 21 heavy (non-hydrogen) atoms. The highest BCUT2D eigenvalue weighted by Gasteiger charge is 2.16. The molecule has 0 bridgehead atoms. The molecule has 1 unspecified atom stereocenters. The van der Waals surface area contributed by atoms with E-state index in [2.05, 4.69) is 20.9 Å². The van der Waals surface area contributed by atoms with Crippen molar-refractivity contribution in [3.8, 4) is 11.1 Å². The Hall–Kier alpha value is -1.18. The highest BCUT2D eigenvalue weighted by molar-refractivity contribution is 9.10. The second-order valence-electron chi connectivity index (χ2n) is 4.33. The quantitative estimate of drug-likeness (QED) is 0.810. The van der Waals surface area contributed by atoms with Crippen molar-refractivity contribution in [1.29, 1.82) is 0 Å². The molecule has 8 heteroatoms. The maximum Gasteiger partial charge on any atom is 0.329 e. The van der Waals surface area contributed by atoms with Gasteiger partial charge in [-0.3, -0.25) is 18.6 Å². The summed E-state index contributed by atoms with van der Waals surface area (Å²) in [6.45, 7) is 0.0753. The van der Waals surface area contributed by atoms with E-state index in [0.717, 1.165) is 4.57 Å². The van der Waals surface area contributed by atoms with Gasteiger partial charge in [-0.2, -0.15) is 0 Å². The molecule has 0 radical (unpaired) electrons. The zero-order valence-electron chi connectivity index (χ0n) is 11.1. The average Bonchev–Trinajstić information content (AvgIpc) is 2.40. The summed E-state index contributed by atoms with van der Waals surface area (Å²) in [5.41, 5.74) is -0.298. The summed E-state index contributed by atoms with van der Waals surface area (Å²) >= 11 is 9.39. The van der Waals surface area contributed by atoms with E-state index in [0.29, 0.717) is 10.0 Å². The minimum atomic E-state index is -1.10. The SMILES string of the molecule is CS(=O)CCn1c(=O)[nH]c(Cl)c(-c2ccccc2Br)c1=O. The summed E-state index contributed by atoms with van der Waals surface area (Å²) in [5.74, 6) is 0.222. The van der Waals surface area contributed by atoms with Crippen LogP contribution in [0.25, 0.3) is 11.1 Å². The molecule has 1 aromatic carbocycles. The van der Waals surface area contributed by atoms with Crippen LogP contribution in [0.3, 0.4) is 0 Å². The van der Waals surface area contributed by atoms with Gasteiger partial charge in [0.25, 0.3) is 5.56 Å². The van der Waals surface area contributed by atoms with Crippen LogP contribution in [0.4, 0.5) is 0 Å². The van der Waals surface area contributed by atoms with E-state index in [4.69, 9.17) is 11.6 Å². The first-order chi connectivity index (χ1) is 9.91. The van der Waals surface area contributed by atoms with Gasteiger partial charge in [0.1, 0.15) is 5.15 Å². The standard InChI is InChI=1S/C13H12BrClN2O3S/c1-21(20)7-6-17-12(18)10(11(15)16-13(17)19)8-4-2-3-5-9(8)14/h2-5H,6-7H2,1H3,(H,16,19). The first-order valence-electron chi connectivity index (χ1n) is 5.99. The Bertz CT molecular complexity index is 816. The van der Waals surface area contributed by atoms with Gasteiger partial charge in [0, 0.05) is 39.4 Å². The Morgan fingerprint density at radius 3 is 2.62 bits per heavy atom. The largest absolute Gasteiger partial charge is 0.329 e. The van der Waals surface area contributed by atoms with Crippen molar-refractivity contribution in [2.24, 2.45) is 0 Å². The number of hydrogen-bond donors (Lipinski definition) is 1. The monoisotopic (exact) mass is 390 g/mol. The Morgan fingerprint density at radius 1 is 1.33 bits per heavy atom. The van der Waals surface area contributed by atoms with Crippen molar-refractivity contribution in [1.82, 2.24) is 9.55 Å². The molecule has 1 N–H and O–H groups in total. The highest BCUT2D eigenvalue weighted by Crippen LogP contribution is 2.28. The minimum Gasteiger partial charge on any atom is -0.297 e. The lowest BCUT2D eigenvalue weighted by Crippen LogP contribution is -2.37. The van der Waals surface area contributed by atoms with Gasteiger partial charge < -0.3 is 0 Å². The molecule has 0 spiro atoms. The molecule has 1 heterocycles. The first kappa shape index (κ1) is 16.2. The number of nitrogens with zero attached hydrogens (tertiary/aromatic N) is 1. The summed E-state index contributed by atoms with van der Waals surface area (Å²) in [6, 6.07) is 7.09. The smallest absolute Gasteiger partial charge is 0.297 e. The number of hydrogen-bond acceptors (Lipinski definition) is 3.